The molecule has 0 fully saturated rings. The van der Waals surface area contributed by atoms with E-state index in [9.17, 15) is 14.7 Å². The summed E-state index contributed by atoms with van der Waals surface area (Å²) in [5.41, 5.74) is 1.26. The quantitative estimate of drug-likeness (QED) is 0.221. The van der Waals surface area contributed by atoms with Gasteiger partial charge in [0.1, 0.15) is 17.6 Å². The van der Waals surface area contributed by atoms with Gasteiger partial charge in [-0.2, -0.15) is 0 Å². The first-order valence-electron chi connectivity index (χ1n) is 11.7. The Kier molecular flexibility index (Phi) is 9.83. The van der Waals surface area contributed by atoms with Crippen LogP contribution < -0.4 is 14.2 Å². The Balaban J connectivity index is 1.89. The number of hydrogen-bond donors (Lipinski definition) is 1. The lowest BCUT2D eigenvalue weighted by atomic mass is 9.85. The number of Topliss-reactive ketones (excluding diaryl/α,β-unsaturated/α-hetero) is 1. The number of methoxy groups -OCH3 is 3. The van der Waals surface area contributed by atoms with Crippen molar-refractivity contribution in [2.45, 2.75) is 32.3 Å². The summed E-state index contributed by atoms with van der Waals surface area (Å²) in [6.07, 6.45) is 0.410. The molecule has 0 unspecified atom stereocenters. The number of ether oxygens (including phenoxy) is 4. The molecule has 0 saturated carbocycles. The molecule has 1 N–H and O–H groups in total. The summed E-state index contributed by atoms with van der Waals surface area (Å²) >= 11 is 12.4. The monoisotopic (exact) mass is 561 g/mol. The Bertz CT molecular complexity index is 1260. The van der Waals surface area contributed by atoms with Crippen molar-refractivity contribution in [3.05, 3.63) is 75.5 Å². The SMILES string of the molecule is COc1cc(Cl)ccc1C(c1ccc(Cl)cc1OC)[C@H](C)OC(=O)[C@H](C)CC(=O)c1nccc(OC)c1O. The first-order valence-corrected chi connectivity index (χ1v) is 12.5. The van der Waals surface area contributed by atoms with Crippen molar-refractivity contribution in [2.75, 3.05) is 21.3 Å². The minimum absolute atomic E-state index is 0.115. The second-order valence-electron chi connectivity index (χ2n) is 8.63. The third-order valence-corrected chi connectivity index (χ3v) is 6.57. The number of aromatic nitrogens is 1. The highest BCUT2D eigenvalue weighted by atomic mass is 35.5. The van der Waals surface area contributed by atoms with Crippen LogP contribution in [-0.4, -0.2) is 49.3 Å². The Labute approximate surface area is 231 Å². The number of ketones is 1. The van der Waals surface area contributed by atoms with Crippen molar-refractivity contribution in [2.24, 2.45) is 5.92 Å². The number of nitrogens with zero attached hydrogens (tertiary/aromatic N) is 1. The van der Waals surface area contributed by atoms with E-state index in [1.807, 2.05) is 0 Å². The van der Waals surface area contributed by atoms with Gasteiger partial charge in [-0.3, -0.25) is 9.59 Å². The van der Waals surface area contributed by atoms with Crippen LogP contribution in [0, 0.1) is 5.92 Å². The molecule has 0 aliphatic heterocycles. The lowest BCUT2D eigenvalue weighted by Gasteiger charge is -2.28. The molecule has 0 radical (unpaired) electrons. The molecule has 0 aliphatic rings. The fraction of sp³-hybridized carbons (Fsp3) is 0.321. The Hall–Kier alpha value is -3.49. The second-order valence-corrected chi connectivity index (χ2v) is 9.50. The van der Waals surface area contributed by atoms with Gasteiger partial charge in [0.2, 0.25) is 0 Å². The van der Waals surface area contributed by atoms with Crippen LogP contribution in [0.25, 0.3) is 0 Å². The Morgan fingerprint density at radius 2 is 1.39 bits per heavy atom. The summed E-state index contributed by atoms with van der Waals surface area (Å²) in [6, 6.07) is 11.8. The maximum atomic E-state index is 13.1. The van der Waals surface area contributed by atoms with Crippen molar-refractivity contribution in [3.8, 4) is 23.0 Å². The highest BCUT2D eigenvalue weighted by Gasteiger charge is 2.32. The summed E-state index contributed by atoms with van der Waals surface area (Å²) < 4.78 is 22.1. The van der Waals surface area contributed by atoms with Gasteiger partial charge in [0.05, 0.1) is 33.2 Å². The zero-order valence-electron chi connectivity index (χ0n) is 21.7. The summed E-state index contributed by atoms with van der Waals surface area (Å²) in [5, 5.41) is 11.2. The molecule has 0 saturated heterocycles. The maximum Gasteiger partial charge on any atom is 0.309 e. The van der Waals surface area contributed by atoms with Crippen LogP contribution in [-0.2, 0) is 9.53 Å². The number of halogens is 2. The van der Waals surface area contributed by atoms with Crippen LogP contribution in [0.15, 0.2) is 48.7 Å². The first-order chi connectivity index (χ1) is 18.1. The molecule has 38 heavy (non-hydrogen) atoms. The molecule has 8 nitrogen and oxygen atoms in total. The first kappa shape index (κ1) is 29.1. The molecule has 0 spiro atoms. The van der Waals surface area contributed by atoms with Gasteiger partial charge in [-0.05, 0) is 31.2 Å². The summed E-state index contributed by atoms with van der Waals surface area (Å²) in [6.45, 7) is 3.32. The van der Waals surface area contributed by atoms with E-state index in [-0.39, 0.29) is 23.6 Å². The number of carbonyl (C=O) groups is 2. The lowest BCUT2D eigenvalue weighted by Crippen LogP contribution is -2.28. The van der Waals surface area contributed by atoms with Crippen LogP contribution >= 0.6 is 23.2 Å². The van der Waals surface area contributed by atoms with Crippen LogP contribution in [0.1, 0.15) is 47.8 Å². The summed E-state index contributed by atoms with van der Waals surface area (Å²) in [5.74, 6) is -1.71. The van der Waals surface area contributed by atoms with Gasteiger partial charge < -0.3 is 24.1 Å². The number of benzene rings is 2. The summed E-state index contributed by atoms with van der Waals surface area (Å²) in [4.78, 5) is 29.9. The second kappa shape index (κ2) is 12.8. The molecule has 1 heterocycles. The normalized spacial score (nSPS) is 12.5. The van der Waals surface area contributed by atoms with Crippen molar-refractivity contribution >= 4 is 35.0 Å². The predicted molar refractivity (Wildman–Crippen MR) is 144 cm³/mol. The molecule has 10 heteroatoms. The van der Waals surface area contributed by atoms with Gasteiger partial charge >= 0.3 is 5.97 Å². The Morgan fingerprint density at radius 3 is 1.89 bits per heavy atom. The smallest absolute Gasteiger partial charge is 0.309 e. The third-order valence-electron chi connectivity index (χ3n) is 6.10. The number of rotatable bonds is 11. The van der Waals surface area contributed by atoms with Gasteiger partial charge in [-0.15, -0.1) is 0 Å². The molecule has 0 amide bonds. The van der Waals surface area contributed by atoms with Gasteiger partial charge in [0, 0.05) is 39.9 Å². The van der Waals surface area contributed by atoms with E-state index in [4.69, 9.17) is 42.1 Å². The van der Waals surface area contributed by atoms with Crippen molar-refractivity contribution < 1.29 is 33.6 Å². The van der Waals surface area contributed by atoms with Crippen LogP contribution in [0.3, 0.4) is 0 Å². The van der Waals surface area contributed by atoms with Crippen molar-refractivity contribution in [1.29, 1.82) is 0 Å². The number of pyridine rings is 1. The topological polar surface area (TPSA) is 104 Å². The predicted octanol–water partition coefficient (Wildman–Crippen LogP) is 6.09. The molecule has 202 valence electrons. The molecule has 3 aromatic rings. The molecular formula is C28H29Cl2NO7. The van der Waals surface area contributed by atoms with Gasteiger partial charge in [-0.1, -0.05) is 42.3 Å². The van der Waals surface area contributed by atoms with E-state index in [0.717, 1.165) is 0 Å². The van der Waals surface area contributed by atoms with E-state index in [1.165, 1.54) is 33.6 Å². The lowest BCUT2D eigenvalue weighted by molar-refractivity contribution is -0.153. The summed E-state index contributed by atoms with van der Waals surface area (Å²) in [7, 11) is 4.42. The molecule has 0 bridgehead atoms. The largest absolute Gasteiger partial charge is 0.503 e. The molecule has 2 atom stereocenters. The zero-order chi connectivity index (χ0) is 28.0. The van der Waals surface area contributed by atoms with Crippen LogP contribution in [0.5, 0.6) is 23.0 Å². The molecule has 0 aliphatic carbocycles. The van der Waals surface area contributed by atoms with E-state index in [2.05, 4.69) is 4.98 Å². The molecular weight excluding hydrogens is 533 g/mol. The highest BCUT2D eigenvalue weighted by molar-refractivity contribution is 6.31. The van der Waals surface area contributed by atoms with Gasteiger partial charge in [0.15, 0.2) is 23.0 Å². The fourth-order valence-corrected chi connectivity index (χ4v) is 4.51. The minimum atomic E-state index is -0.822. The van der Waals surface area contributed by atoms with E-state index in [1.54, 1.807) is 50.2 Å². The number of carbonyl (C=O) groups excluding carboxylic acids is 2. The third kappa shape index (κ3) is 6.49. The van der Waals surface area contributed by atoms with Gasteiger partial charge in [0.25, 0.3) is 0 Å². The standard InChI is InChI=1S/C28H29Cl2NO7/c1-15(12-21(32)26-27(33)22(35-3)10-11-31-26)28(34)38-16(2)25(19-8-6-17(29)13-23(19)36-4)20-9-7-18(30)14-24(20)37-5/h6-11,13-16,25,33H,12H2,1-5H3/t15-,16+/m1/s1. The fourth-order valence-electron chi connectivity index (χ4n) is 4.19. The minimum Gasteiger partial charge on any atom is -0.503 e. The van der Waals surface area contributed by atoms with Crippen LogP contribution in [0.4, 0.5) is 0 Å². The van der Waals surface area contributed by atoms with E-state index in [0.29, 0.717) is 32.7 Å². The van der Waals surface area contributed by atoms with Crippen molar-refractivity contribution in [3.63, 3.8) is 0 Å². The average Bonchev–Trinajstić information content (AvgIpc) is 2.90. The number of aromatic hydroxyl groups is 1. The van der Waals surface area contributed by atoms with Crippen LogP contribution in [0.2, 0.25) is 10.0 Å². The van der Waals surface area contributed by atoms with Crippen molar-refractivity contribution in [1.82, 2.24) is 4.98 Å². The molecule has 3 rings (SSSR count). The maximum absolute atomic E-state index is 13.1. The van der Waals surface area contributed by atoms with E-state index >= 15 is 0 Å². The van der Waals surface area contributed by atoms with Gasteiger partial charge in [-0.25, -0.2) is 4.98 Å². The highest BCUT2D eigenvalue weighted by Crippen LogP contribution is 2.41. The Morgan fingerprint density at radius 1 is 0.868 bits per heavy atom. The molecule has 1 aromatic heterocycles. The zero-order valence-corrected chi connectivity index (χ0v) is 23.2. The van der Waals surface area contributed by atoms with E-state index < -0.39 is 29.7 Å². The average molecular weight is 562 g/mol. The number of esters is 1. The molecule has 2 aromatic carbocycles. The number of hydrogen-bond acceptors (Lipinski definition) is 8.